The summed E-state index contributed by atoms with van der Waals surface area (Å²) >= 11 is 0. The fourth-order valence-corrected chi connectivity index (χ4v) is 7.10. The van der Waals surface area contributed by atoms with E-state index >= 15 is 0 Å². The van der Waals surface area contributed by atoms with Crippen LogP contribution in [-0.2, 0) is 15.7 Å². The van der Waals surface area contributed by atoms with Crippen molar-refractivity contribution in [3.05, 3.63) is 132 Å². The highest BCUT2D eigenvalue weighted by Gasteiger charge is 2.41. The molecule has 0 fully saturated rings. The maximum atomic E-state index is 13.8. The van der Waals surface area contributed by atoms with Crippen molar-refractivity contribution in [3.8, 4) is 28.7 Å². The van der Waals surface area contributed by atoms with Crippen molar-refractivity contribution in [3.63, 3.8) is 0 Å². The van der Waals surface area contributed by atoms with E-state index in [2.05, 4.69) is 20.5 Å². The molecule has 240 valence electrons. The molecule has 0 radical (unpaired) electrons. The number of diazo groups is 1. The molecule has 1 aliphatic rings. The van der Waals surface area contributed by atoms with Crippen LogP contribution in [0.3, 0.4) is 0 Å². The minimum atomic E-state index is -4.83. The minimum absolute atomic E-state index is 0.0569. The standard InChI is InChI=1S/C32H22N6O9S/c1-32(23-12-9-18(40)13-24(23)41)15-22(16-5-7-17(39)8-6-16)20-11-10-19(14-25(20)46-32)47-48(44,45)26-4-2-3-21-27(26)28(35-37-33)29(36-38-34)31(43)30(21)42/h2-14,22,34H,15H2,1H3,(H2-,39,40,41)/p+1. The largest absolute Gasteiger partial charge is 0.508 e. The summed E-state index contributed by atoms with van der Waals surface area (Å²) in [5.41, 5.74) is 5.20. The van der Waals surface area contributed by atoms with Crippen molar-refractivity contribution in [1.82, 2.24) is 0 Å². The molecule has 48 heavy (non-hydrogen) atoms. The van der Waals surface area contributed by atoms with Crippen LogP contribution in [-0.4, -0.2) is 23.7 Å². The quantitative estimate of drug-likeness (QED) is 0.0674. The monoisotopic (exact) mass is 667 g/mol. The lowest BCUT2D eigenvalue weighted by molar-refractivity contribution is 0.0530. The summed E-state index contributed by atoms with van der Waals surface area (Å²) in [6.07, 6.45) is 0.303. The average Bonchev–Trinajstić information content (AvgIpc) is 3.04. The normalized spacial score (nSPS) is 18.1. The summed E-state index contributed by atoms with van der Waals surface area (Å²) in [5, 5.41) is 49.5. The number of ether oxygens (including phenoxy) is 1. The SMILES string of the molecule is CC1(c2ccc(O)cc2O)CC(c2ccc(O)cc2)c2ccc(OS(=O)(=O)c3cccc4c(=O)c(=O)c(=NN=N)c(=N[N+]#N)c34)cc2O1. The van der Waals surface area contributed by atoms with E-state index in [1.165, 1.54) is 54.6 Å². The Hall–Kier alpha value is -6.47. The number of hydrogen-bond acceptors (Lipinski definition) is 13. The molecule has 0 saturated carbocycles. The number of aromatic hydroxyl groups is 3. The van der Waals surface area contributed by atoms with Crippen molar-refractivity contribution in [2.45, 2.75) is 29.8 Å². The fraction of sp³-hybridized carbons (Fsp3) is 0.125. The van der Waals surface area contributed by atoms with Gasteiger partial charge in [0.15, 0.2) is 15.8 Å². The Kier molecular flexibility index (Phi) is 7.69. The molecule has 16 heteroatoms. The van der Waals surface area contributed by atoms with Gasteiger partial charge in [-0.05, 0) is 48.9 Å². The Balaban J connectivity index is 1.50. The second-order valence-corrected chi connectivity index (χ2v) is 12.6. The van der Waals surface area contributed by atoms with E-state index in [4.69, 9.17) is 14.5 Å². The zero-order valence-corrected chi connectivity index (χ0v) is 25.5. The van der Waals surface area contributed by atoms with Gasteiger partial charge in [-0.2, -0.15) is 13.9 Å². The van der Waals surface area contributed by atoms with Crippen LogP contribution in [0.5, 0.6) is 28.7 Å². The van der Waals surface area contributed by atoms with Crippen LogP contribution >= 0.6 is 0 Å². The van der Waals surface area contributed by atoms with Gasteiger partial charge in [0.05, 0.1) is 0 Å². The Bertz CT molecular complexity index is 2540. The molecule has 0 saturated heterocycles. The van der Waals surface area contributed by atoms with Crippen LogP contribution in [0.4, 0.5) is 0 Å². The molecule has 1 heterocycles. The first kappa shape index (κ1) is 31.5. The summed E-state index contributed by atoms with van der Waals surface area (Å²) in [5.74, 6) is -0.713. The van der Waals surface area contributed by atoms with E-state index in [0.29, 0.717) is 17.5 Å². The molecule has 0 aliphatic carbocycles. The third kappa shape index (κ3) is 5.37. The number of nitrogens with zero attached hydrogens (tertiary/aromatic N) is 5. The van der Waals surface area contributed by atoms with Gasteiger partial charge in [0.1, 0.15) is 39.2 Å². The van der Waals surface area contributed by atoms with Gasteiger partial charge in [-0.25, -0.2) is 0 Å². The van der Waals surface area contributed by atoms with Crippen LogP contribution < -0.4 is 30.5 Å². The Morgan fingerprint density at radius 2 is 1.69 bits per heavy atom. The molecular formula is C32H23N6O9S+. The molecule has 0 amide bonds. The van der Waals surface area contributed by atoms with Crippen molar-refractivity contribution in [1.29, 1.82) is 10.9 Å². The van der Waals surface area contributed by atoms with Gasteiger partial charge in [-0.15, -0.1) is 5.10 Å². The minimum Gasteiger partial charge on any atom is -0.508 e. The molecule has 5 aromatic carbocycles. The van der Waals surface area contributed by atoms with E-state index in [0.717, 1.165) is 11.6 Å². The Morgan fingerprint density at radius 3 is 2.38 bits per heavy atom. The molecule has 4 N–H and O–H groups in total. The lowest BCUT2D eigenvalue weighted by Crippen LogP contribution is -2.48. The van der Waals surface area contributed by atoms with Crippen molar-refractivity contribution < 1.29 is 32.7 Å². The number of fused-ring (bicyclic) bond motifs is 2. The topological polar surface area (TPSA) is 237 Å². The molecule has 5 aromatic rings. The van der Waals surface area contributed by atoms with Gasteiger partial charge in [0.25, 0.3) is 10.8 Å². The van der Waals surface area contributed by atoms with Gasteiger partial charge < -0.3 is 24.2 Å². The van der Waals surface area contributed by atoms with Crippen LogP contribution in [0.15, 0.2) is 109 Å². The zero-order chi connectivity index (χ0) is 34.4. The lowest BCUT2D eigenvalue weighted by atomic mass is 9.76. The predicted molar refractivity (Wildman–Crippen MR) is 167 cm³/mol. The Labute approximate surface area is 269 Å². The first-order valence-corrected chi connectivity index (χ1v) is 15.5. The number of rotatable bonds is 6. The molecule has 15 nitrogen and oxygen atoms in total. The number of benzene rings is 5. The van der Waals surface area contributed by atoms with Crippen molar-refractivity contribution in [2.24, 2.45) is 15.4 Å². The fourth-order valence-electron chi connectivity index (χ4n) is 5.95. The van der Waals surface area contributed by atoms with Gasteiger partial charge in [-0.1, -0.05) is 35.6 Å². The highest BCUT2D eigenvalue weighted by atomic mass is 32.2. The maximum Gasteiger partial charge on any atom is 0.339 e. The molecule has 1 aliphatic heterocycles. The van der Waals surface area contributed by atoms with Crippen molar-refractivity contribution in [2.75, 3.05) is 0 Å². The third-order valence-electron chi connectivity index (χ3n) is 8.06. The van der Waals surface area contributed by atoms with Crippen LogP contribution in [0, 0.1) is 10.9 Å². The molecule has 6 rings (SSSR count). The van der Waals surface area contributed by atoms with Gasteiger partial charge in [0.2, 0.25) is 5.43 Å². The summed E-state index contributed by atoms with van der Waals surface area (Å²) < 4.78 is 39.5. The highest BCUT2D eigenvalue weighted by Crippen LogP contribution is 2.51. The van der Waals surface area contributed by atoms with E-state index in [1.54, 1.807) is 25.1 Å². The second-order valence-electron chi connectivity index (χ2n) is 11.0. The van der Waals surface area contributed by atoms with Crippen molar-refractivity contribution >= 4 is 20.9 Å². The highest BCUT2D eigenvalue weighted by molar-refractivity contribution is 7.87. The maximum absolute atomic E-state index is 13.8. The number of nitrogens with one attached hydrogen (secondary N) is 1. The molecule has 0 bridgehead atoms. The summed E-state index contributed by atoms with van der Waals surface area (Å²) in [6, 6.07) is 18.4. The number of hydrogen-bond donors (Lipinski definition) is 4. The van der Waals surface area contributed by atoms with E-state index < -0.39 is 47.6 Å². The first-order chi connectivity index (χ1) is 22.9. The predicted octanol–water partition coefficient (Wildman–Crippen LogP) is 3.67. The summed E-state index contributed by atoms with van der Waals surface area (Å²) in [6.45, 7) is 1.73. The lowest BCUT2D eigenvalue weighted by Gasteiger charge is -2.41. The zero-order valence-electron chi connectivity index (χ0n) is 24.7. The second kappa shape index (κ2) is 11.7. The molecule has 0 aromatic heterocycles. The van der Waals surface area contributed by atoms with E-state index in [-0.39, 0.29) is 40.1 Å². The van der Waals surface area contributed by atoms with Crippen LogP contribution in [0.2, 0.25) is 0 Å². The van der Waals surface area contributed by atoms with E-state index in [9.17, 15) is 38.7 Å². The molecule has 2 atom stereocenters. The Morgan fingerprint density at radius 1 is 0.958 bits per heavy atom. The molecule has 2 unspecified atom stereocenters. The van der Waals surface area contributed by atoms with E-state index in [1.807, 2.05) is 0 Å². The summed E-state index contributed by atoms with van der Waals surface area (Å²) in [4.78, 5) is 24.9. The summed E-state index contributed by atoms with van der Waals surface area (Å²) in [7, 11) is -4.83. The van der Waals surface area contributed by atoms with Gasteiger partial charge in [-0.3, -0.25) is 9.59 Å². The number of phenols is 3. The average molecular weight is 668 g/mol. The molecular weight excluding hydrogens is 644 g/mol. The number of phenolic OH excluding ortho intramolecular Hbond substituents is 3. The third-order valence-corrected chi connectivity index (χ3v) is 9.35. The van der Waals surface area contributed by atoms with Crippen LogP contribution in [0.1, 0.15) is 36.0 Å². The molecule has 0 spiro atoms. The van der Waals surface area contributed by atoms with Gasteiger partial charge in [0, 0.05) is 46.4 Å². The first-order valence-electron chi connectivity index (χ1n) is 14.0. The van der Waals surface area contributed by atoms with Crippen LogP contribution in [0.25, 0.3) is 15.9 Å². The smallest absolute Gasteiger partial charge is 0.339 e. The van der Waals surface area contributed by atoms with Gasteiger partial charge >= 0.3 is 15.2 Å².